The third-order valence-corrected chi connectivity index (χ3v) is 7.61. The van der Waals surface area contributed by atoms with Crippen LogP contribution in [-0.2, 0) is 33.8 Å². The fourth-order valence-electron chi connectivity index (χ4n) is 5.38. The summed E-state index contributed by atoms with van der Waals surface area (Å²) in [6.45, 7) is 4.92. The molecule has 0 bridgehead atoms. The summed E-state index contributed by atoms with van der Waals surface area (Å²) in [4.78, 5) is 0. The van der Waals surface area contributed by atoms with Crippen LogP contribution in [0.3, 0.4) is 0 Å². The lowest BCUT2D eigenvalue weighted by molar-refractivity contribution is -0.167. The quantitative estimate of drug-likeness (QED) is 0.203. The molecule has 0 radical (unpaired) electrons. The third-order valence-electron chi connectivity index (χ3n) is 7.61. The first-order valence-electron chi connectivity index (χ1n) is 14.1. The highest BCUT2D eigenvalue weighted by molar-refractivity contribution is 5.66. The van der Waals surface area contributed by atoms with Gasteiger partial charge in [-0.2, -0.15) is 0 Å². The number of hydrogen-bond donors (Lipinski definition) is 0. The zero-order chi connectivity index (χ0) is 27.7. The second kappa shape index (κ2) is 13.6. The summed E-state index contributed by atoms with van der Waals surface area (Å²) in [5, 5.41) is 0. The van der Waals surface area contributed by atoms with Gasteiger partial charge in [-0.25, -0.2) is 4.39 Å². The van der Waals surface area contributed by atoms with Crippen molar-refractivity contribution < 1.29 is 18.6 Å². The van der Waals surface area contributed by atoms with E-state index in [0.29, 0.717) is 25.2 Å². The number of benzene rings is 4. The van der Waals surface area contributed by atoms with Crippen molar-refractivity contribution in [3.05, 3.63) is 149 Å². The molecule has 3 nitrogen and oxygen atoms in total. The molecule has 0 unspecified atom stereocenters. The summed E-state index contributed by atoms with van der Waals surface area (Å²) in [5.41, 5.74) is 4.63. The van der Waals surface area contributed by atoms with Crippen LogP contribution >= 0.6 is 0 Å². The Kier molecular flexibility index (Phi) is 9.43. The van der Waals surface area contributed by atoms with Crippen molar-refractivity contribution in [3.8, 4) is 0 Å². The maximum atomic E-state index is 16.8. The molecule has 1 fully saturated rings. The van der Waals surface area contributed by atoms with Gasteiger partial charge in [0.25, 0.3) is 0 Å². The Hall–Kier alpha value is -3.73. The highest BCUT2D eigenvalue weighted by Crippen LogP contribution is 2.39. The molecular weight excluding hydrogens is 499 g/mol. The van der Waals surface area contributed by atoms with Crippen LogP contribution in [-0.4, -0.2) is 18.3 Å². The zero-order valence-corrected chi connectivity index (χ0v) is 23.2. The van der Waals surface area contributed by atoms with Crippen LogP contribution < -0.4 is 0 Å². The molecule has 0 aliphatic carbocycles. The van der Waals surface area contributed by atoms with E-state index in [1.165, 1.54) is 0 Å². The van der Waals surface area contributed by atoms with Gasteiger partial charge >= 0.3 is 0 Å². The number of halogens is 1. The number of hydrogen-bond acceptors (Lipinski definition) is 3. The first-order valence-corrected chi connectivity index (χ1v) is 14.1. The van der Waals surface area contributed by atoms with Crippen molar-refractivity contribution >= 4 is 5.83 Å². The molecule has 5 rings (SSSR count). The molecule has 4 atom stereocenters. The van der Waals surface area contributed by atoms with Gasteiger partial charge in [0.15, 0.2) is 11.6 Å². The number of ether oxygens (including phenoxy) is 3. The monoisotopic (exact) mass is 536 g/mol. The highest BCUT2D eigenvalue weighted by atomic mass is 19.1. The van der Waals surface area contributed by atoms with Crippen LogP contribution in [0.15, 0.2) is 121 Å². The Labute approximate surface area is 237 Å². The van der Waals surface area contributed by atoms with E-state index in [9.17, 15) is 0 Å². The van der Waals surface area contributed by atoms with Gasteiger partial charge in [-0.05, 0) is 35.1 Å². The molecule has 0 aromatic heterocycles. The fraction of sp³-hybridized carbons (Fsp3) is 0.278. The van der Waals surface area contributed by atoms with Crippen LogP contribution in [0, 0.1) is 5.92 Å². The summed E-state index contributed by atoms with van der Waals surface area (Å²) in [5.74, 6) is -0.159. The highest BCUT2D eigenvalue weighted by Gasteiger charge is 2.44. The summed E-state index contributed by atoms with van der Waals surface area (Å²) >= 11 is 0. The normalized spacial score (nSPS) is 22.0. The van der Waals surface area contributed by atoms with E-state index in [1.807, 2.05) is 103 Å². The van der Waals surface area contributed by atoms with Crippen LogP contribution in [0.2, 0.25) is 0 Å². The molecule has 0 N–H and O–H groups in total. The zero-order valence-electron chi connectivity index (χ0n) is 23.2. The van der Waals surface area contributed by atoms with Gasteiger partial charge in [0.05, 0.1) is 19.3 Å². The first kappa shape index (κ1) is 27.8. The molecule has 40 heavy (non-hydrogen) atoms. The van der Waals surface area contributed by atoms with E-state index in [0.717, 1.165) is 28.7 Å². The number of rotatable bonds is 10. The first-order chi connectivity index (χ1) is 19.6. The Bertz CT molecular complexity index is 1370. The van der Waals surface area contributed by atoms with E-state index >= 15 is 4.39 Å². The summed E-state index contributed by atoms with van der Waals surface area (Å²) in [7, 11) is 0. The fourth-order valence-corrected chi connectivity index (χ4v) is 5.38. The molecule has 1 aliphatic rings. The minimum atomic E-state index is -0.702. The summed E-state index contributed by atoms with van der Waals surface area (Å²) < 4.78 is 36.3. The van der Waals surface area contributed by atoms with Gasteiger partial charge in [-0.3, -0.25) is 0 Å². The molecule has 4 heteroatoms. The molecule has 0 saturated carbocycles. The molecule has 206 valence electrons. The molecule has 4 aromatic rings. The summed E-state index contributed by atoms with van der Waals surface area (Å²) in [6.07, 6.45) is 0.0742. The van der Waals surface area contributed by atoms with Crippen molar-refractivity contribution in [1.29, 1.82) is 0 Å². The van der Waals surface area contributed by atoms with Gasteiger partial charge in [-0.15, -0.1) is 0 Å². The Morgan fingerprint density at radius 1 is 0.700 bits per heavy atom. The van der Waals surface area contributed by atoms with Crippen LogP contribution in [0.5, 0.6) is 0 Å². The minimum absolute atomic E-state index is 0.00518. The van der Waals surface area contributed by atoms with Crippen LogP contribution in [0.25, 0.3) is 5.83 Å². The predicted octanol–water partition coefficient (Wildman–Crippen LogP) is 8.53. The Morgan fingerprint density at radius 3 is 1.82 bits per heavy atom. The molecule has 1 heterocycles. The average Bonchev–Trinajstić information content (AvgIpc) is 3.01. The lowest BCUT2D eigenvalue weighted by Crippen LogP contribution is -2.49. The predicted molar refractivity (Wildman–Crippen MR) is 158 cm³/mol. The largest absolute Gasteiger partial charge is 0.488 e. The Morgan fingerprint density at radius 2 is 1.23 bits per heavy atom. The topological polar surface area (TPSA) is 27.7 Å². The van der Waals surface area contributed by atoms with Crippen molar-refractivity contribution in [2.75, 3.05) is 0 Å². The van der Waals surface area contributed by atoms with Gasteiger partial charge in [-0.1, -0.05) is 129 Å². The van der Waals surface area contributed by atoms with E-state index in [4.69, 9.17) is 14.2 Å². The average molecular weight is 537 g/mol. The molecular formula is C36H37FO3. The summed E-state index contributed by atoms with van der Waals surface area (Å²) in [6, 6.07) is 37.8. The second-order valence-electron chi connectivity index (χ2n) is 10.4. The van der Waals surface area contributed by atoms with Gasteiger partial charge in [0, 0.05) is 11.5 Å². The van der Waals surface area contributed by atoms with Gasteiger partial charge in [0.1, 0.15) is 12.2 Å². The van der Waals surface area contributed by atoms with Crippen molar-refractivity contribution in [2.45, 2.75) is 58.2 Å². The van der Waals surface area contributed by atoms with Crippen molar-refractivity contribution in [2.24, 2.45) is 5.92 Å². The van der Waals surface area contributed by atoms with Crippen molar-refractivity contribution in [1.82, 2.24) is 0 Å². The molecule has 4 aromatic carbocycles. The van der Waals surface area contributed by atoms with E-state index in [2.05, 4.69) is 26.0 Å². The SMILES string of the molecule is CC[C@H]1O/C(=C(\F)c2ccccc2Cc2ccccc2)[C@H](OCc2ccccc2)[C@@H](OCc2ccccc2)[C@@H]1C. The molecule has 0 spiro atoms. The van der Waals surface area contributed by atoms with Crippen LogP contribution in [0.1, 0.15) is 48.1 Å². The van der Waals surface area contributed by atoms with Crippen molar-refractivity contribution in [3.63, 3.8) is 0 Å². The maximum absolute atomic E-state index is 16.8. The van der Waals surface area contributed by atoms with Gasteiger partial charge < -0.3 is 14.2 Å². The van der Waals surface area contributed by atoms with E-state index < -0.39 is 6.10 Å². The molecule has 1 saturated heterocycles. The van der Waals surface area contributed by atoms with Crippen LogP contribution in [0.4, 0.5) is 4.39 Å². The lowest BCUT2D eigenvalue weighted by Gasteiger charge is -2.42. The standard InChI is InChI=1S/C36H37FO3/c1-3-32-26(2)34(38-24-28-17-9-5-10-18-28)36(39-25-29-19-11-6-12-20-29)35(40-32)33(37)31-22-14-13-21-30(31)23-27-15-7-4-8-16-27/h4-22,26,32,34,36H,3,23-25H2,1-2H3/b35-33-/t26-,32-,34+,36-/m1/s1. The second-order valence-corrected chi connectivity index (χ2v) is 10.4. The minimum Gasteiger partial charge on any atom is -0.488 e. The van der Waals surface area contributed by atoms with E-state index in [-0.39, 0.29) is 29.7 Å². The van der Waals surface area contributed by atoms with E-state index in [1.54, 1.807) is 0 Å². The molecule has 1 aliphatic heterocycles. The lowest BCUT2D eigenvalue weighted by atomic mass is 9.87. The smallest absolute Gasteiger partial charge is 0.171 e. The van der Waals surface area contributed by atoms with Gasteiger partial charge in [0.2, 0.25) is 0 Å². The third kappa shape index (κ3) is 6.70. The Balaban J connectivity index is 1.52. The molecule has 0 amide bonds. The maximum Gasteiger partial charge on any atom is 0.171 e.